The van der Waals surface area contributed by atoms with Crippen LogP contribution < -0.4 is 19.9 Å². The molecule has 0 unspecified atom stereocenters. The number of amides is 2. The molecular formula is C23H27N3O3. The van der Waals surface area contributed by atoms with Crippen LogP contribution in [0.5, 0.6) is 5.75 Å². The van der Waals surface area contributed by atoms with E-state index in [0.29, 0.717) is 18.9 Å². The second kappa shape index (κ2) is 8.55. The lowest BCUT2D eigenvalue weighted by Gasteiger charge is -2.22. The lowest BCUT2D eigenvalue weighted by molar-refractivity contribution is -0.122. The number of hydrogen-bond donors (Lipinski definition) is 1. The molecule has 2 fully saturated rings. The third kappa shape index (κ3) is 4.06. The van der Waals surface area contributed by atoms with Gasteiger partial charge in [-0.05, 0) is 44.0 Å². The Balaban J connectivity index is 1.48. The first-order chi connectivity index (χ1) is 14.2. The maximum atomic E-state index is 13.0. The lowest BCUT2D eigenvalue weighted by atomic mass is 10.1. The van der Waals surface area contributed by atoms with Crippen molar-refractivity contribution in [2.75, 3.05) is 41.4 Å². The molecule has 152 valence electrons. The highest BCUT2D eigenvalue weighted by molar-refractivity contribution is 6.05. The average molecular weight is 393 g/mol. The average Bonchev–Trinajstić information content (AvgIpc) is 3.39. The van der Waals surface area contributed by atoms with E-state index in [1.54, 1.807) is 4.90 Å². The van der Waals surface area contributed by atoms with Gasteiger partial charge in [0.25, 0.3) is 0 Å². The molecule has 0 bridgehead atoms. The second-order valence-corrected chi connectivity index (χ2v) is 7.51. The summed E-state index contributed by atoms with van der Waals surface area (Å²) in [4.78, 5) is 29.6. The summed E-state index contributed by atoms with van der Waals surface area (Å²) in [5.41, 5.74) is 2.60. The Bertz CT molecular complexity index is 892. The molecule has 2 aromatic rings. The first-order valence-electron chi connectivity index (χ1n) is 10.3. The van der Waals surface area contributed by atoms with Crippen LogP contribution in [0.2, 0.25) is 0 Å². The molecule has 29 heavy (non-hydrogen) atoms. The Labute approximate surface area is 171 Å². The number of carbonyl (C=O) groups excluding carboxylic acids is 2. The number of carbonyl (C=O) groups is 2. The van der Waals surface area contributed by atoms with Gasteiger partial charge >= 0.3 is 0 Å². The first kappa shape index (κ1) is 19.3. The predicted octanol–water partition coefficient (Wildman–Crippen LogP) is 3.68. The van der Waals surface area contributed by atoms with Gasteiger partial charge in [0.1, 0.15) is 5.75 Å². The lowest BCUT2D eigenvalue weighted by Crippen LogP contribution is -2.29. The Kier molecular flexibility index (Phi) is 5.69. The van der Waals surface area contributed by atoms with E-state index >= 15 is 0 Å². The monoisotopic (exact) mass is 393 g/mol. The van der Waals surface area contributed by atoms with Gasteiger partial charge in [0.2, 0.25) is 11.8 Å². The van der Waals surface area contributed by atoms with Crippen molar-refractivity contribution in [3.05, 3.63) is 48.5 Å². The molecule has 2 amide bonds. The molecule has 0 aliphatic carbocycles. The van der Waals surface area contributed by atoms with Crippen molar-refractivity contribution < 1.29 is 14.3 Å². The van der Waals surface area contributed by atoms with Crippen LogP contribution in [0.3, 0.4) is 0 Å². The standard InChI is InChI=1S/C23H27N3O3/c1-2-29-21-12-6-5-11-20(21)26-16-17(15-22(26)27)23(28)24-18-9-3-4-10-19(18)25-13-7-8-14-25/h3-6,9-12,17H,2,7-8,13-16H2,1H3,(H,24,28)/t17-/m1/s1. The summed E-state index contributed by atoms with van der Waals surface area (Å²) in [5, 5.41) is 3.07. The van der Waals surface area contributed by atoms with Crippen molar-refractivity contribution in [1.29, 1.82) is 0 Å². The van der Waals surface area contributed by atoms with E-state index in [0.717, 1.165) is 30.2 Å². The van der Waals surface area contributed by atoms with Gasteiger partial charge < -0.3 is 19.9 Å². The summed E-state index contributed by atoms with van der Waals surface area (Å²) in [6.07, 6.45) is 2.55. The summed E-state index contributed by atoms with van der Waals surface area (Å²) in [7, 11) is 0. The van der Waals surface area contributed by atoms with Gasteiger partial charge in [-0.25, -0.2) is 0 Å². The first-order valence-corrected chi connectivity index (χ1v) is 10.3. The predicted molar refractivity (Wildman–Crippen MR) is 115 cm³/mol. The molecule has 1 atom stereocenters. The van der Waals surface area contributed by atoms with Crippen molar-refractivity contribution in [2.45, 2.75) is 26.2 Å². The van der Waals surface area contributed by atoms with Crippen molar-refractivity contribution in [1.82, 2.24) is 0 Å². The van der Waals surface area contributed by atoms with E-state index in [1.807, 2.05) is 55.5 Å². The SMILES string of the molecule is CCOc1ccccc1N1C[C@H](C(=O)Nc2ccccc2N2CCCC2)CC1=O. The fourth-order valence-corrected chi connectivity index (χ4v) is 4.12. The van der Waals surface area contributed by atoms with Crippen LogP contribution >= 0.6 is 0 Å². The zero-order valence-electron chi connectivity index (χ0n) is 16.8. The van der Waals surface area contributed by atoms with Crippen LogP contribution in [0.4, 0.5) is 17.1 Å². The number of benzene rings is 2. The number of rotatable bonds is 6. The maximum Gasteiger partial charge on any atom is 0.229 e. The normalized spacial score (nSPS) is 18.9. The minimum absolute atomic E-state index is 0.0508. The van der Waals surface area contributed by atoms with Gasteiger partial charge in [-0.2, -0.15) is 0 Å². The number of ether oxygens (including phenoxy) is 1. The van der Waals surface area contributed by atoms with E-state index in [4.69, 9.17) is 4.74 Å². The van der Waals surface area contributed by atoms with Crippen LogP contribution in [0, 0.1) is 5.92 Å². The van der Waals surface area contributed by atoms with Gasteiger partial charge in [0.15, 0.2) is 0 Å². The summed E-state index contributed by atoms with van der Waals surface area (Å²) in [6.45, 7) is 4.82. The van der Waals surface area contributed by atoms with E-state index < -0.39 is 0 Å². The second-order valence-electron chi connectivity index (χ2n) is 7.51. The Morgan fingerprint density at radius 2 is 1.76 bits per heavy atom. The maximum absolute atomic E-state index is 13.0. The van der Waals surface area contributed by atoms with Gasteiger partial charge in [-0.15, -0.1) is 0 Å². The van der Waals surface area contributed by atoms with Crippen molar-refractivity contribution >= 4 is 28.9 Å². The fourth-order valence-electron chi connectivity index (χ4n) is 4.12. The van der Waals surface area contributed by atoms with Crippen LogP contribution in [-0.4, -0.2) is 38.1 Å². The zero-order chi connectivity index (χ0) is 20.2. The van der Waals surface area contributed by atoms with Gasteiger partial charge in [-0.3, -0.25) is 9.59 Å². The highest BCUT2D eigenvalue weighted by atomic mass is 16.5. The third-order valence-electron chi connectivity index (χ3n) is 5.56. The van der Waals surface area contributed by atoms with E-state index in [9.17, 15) is 9.59 Å². The molecule has 1 N–H and O–H groups in total. The van der Waals surface area contributed by atoms with Crippen molar-refractivity contribution in [3.63, 3.8) is 0 Å². The molecule has 2 aromatic carbocycles. The summed E-state index contributed by atoms with van der Waals surface area (Å²) < 4.78 is 5.66. The summed E-state index contributed by atoms with van der Waals surface area (Å²) in [5.74, 6) is 0.124. The van der Waals surface area contributed by atoms with Crippen molar-refractivity contribution in [3.8, 4) is 5.75 Å². The van der Waals surface area contributed by atoms with Crippen LogP contribution in [0.15, 0.2) is 48.5 Å². The van der Waals surface area contributed by atoms with Crippen LogP contribution in [-0.2, 0) is 9.59 Å². The molecule has 0 radical (unpaired) electrons. The Morgan fingerprint density at radius 1 is 1.07 bits per heavy atom. The molecule has 0 saturated carbocycles. The zero-order valence-corrected chi connectivity index (χ0v) is 16.8. The molecule has 2 aliphatic rings. The molecule has 0 aromatic heterocycles. The third-order valence-corrected chi connectivity index (χ3v) is 5.56. The number of hydrogen-bond acceptors (Lipinski definition) is 4. The minimum atomic E-state index is -0.385. The molecule has 6 nitrogen and oxygen atoms in total. The molecule has 6 heteroatoms. The summed E-state index contributed by atoms with van der Waals surface area (Å²) >= 11 is 0. The van der Waals surface area contributed by atoms with E-state index in [2.05, 4.69) is 10.2 Å². The van der Waals surface area contributed by atoms with Gasteiger partial charge in [-0.1, -0.05) is 24.3 Å². The molecule has 0 spiro atoms. The quantitative estimate of drug-likeness (QED) is 0.813. The topological polar surface area (TPSA) is 61.9 Å². The highest BCUT2D eigenvalue weighted by Crippen LogP contribution is 2.34. The van der Waals surface area contributed by atoms with Crippen LogP contribution in [0.1, 0.15) is 26.2 Å². The number of anilines is 3. The minimum Gasteiger partial charge on any atom is -0.492 e. The van der Waals surface area contributed by atoms with E-state index in [-0.39, 0.29) is 24.2 Å². The molecule has 4 rings (SSSR count). The van der Waals surface area contributed by atoms with Gasteiger partial charge in [0.05, 0.1) is 29.6 Å². The van der Waals surface area contributed by atoms with Crippen LogP contribution in [0.25, 0.3) is 0 Å². The number of nitrogens with one attached hydrogen (secondary N) is 1. The molecular weight excluding hydrogens is 366 g/mol. The fraction of sp³-hybridized carbons (Fsp3) is 0.391. The van der Waals surface area contributed by atoms with E-state index in [1.165, 1.54) is 12.8 Å². The Hall–Kier alpha value is -3.02. The number of nitrogens with zero attached hydrogens (tertiary/aromatic N) is 2. The van der Waals surface area contributed by atoms with Gasteiger partial charge in [0, 0.05) is 26.1 Å². The highest BCUT2D eigenvalue weighted by Gasteiger charge is 2.36. The molecule has 2 aliphatic heterocycles. The molecule has 2 saturated heterocycles. The smallest absolute Gasteiger partial charge is 0.229 e. The number of para-hydroxylation sites is 4. The largest absolute Gasteiger partial charge is 0.492 e. The summed E-state index contributed by atoms with van der Waals surface area (Å²) in [6, 6.07) is 15.4. The Morgan fingerprint density at radius 3 is 2.52 bits per heavy atom. The van der Waals surface area contributed by atoms with Crippen molar-refractivity contribution in [2.24, 2.45) is 5.92 Å². The molecule has 2 heterocycles.